The number of nitrogens with zero attached hydrogens (tertiary/aromatic N) is 5. The smallest absolute Gasteiger partial charge is 0.263 e. The molecule has 9 heteroatoms. The molecule has 0 saturated carbocycles. The molecule has 0 fully saturated rings. The van der Waals surface area contributed by atoms with Crippen LogP contribution in [0.5, 0.6) is 0 Å². The normalized spacial score (nSPS) is 12.3. The molecule has 34 heavy (non-hydrogen) atoms. The third kappa shape index (κ3) is 3.34. The molecular formula is C25H19N7OS. The van der Waals surface area contributed by atoms with Gasteiger partial charge in [0.05, 0.1) is 23.1 Å². The van der Waals surface area contributed by atoms with Gasteiger partial charge in [-0.25, -0.2) is 15.0 Å². The Morgan fingerprint density at radius 2 is 1.94 bits per heavy atom. The summed E-state index contributed by atoms with van der Waals surface area (Å²) < 4.78 is 1.77. The molecule has 0 amide bonds. The van der Waals surface area contributed by atoms with Gasteiger partial charge in [-0.2, -0.15) is 5.10 Å². The predicted octanol–water partition coefficient (Wildman–Crippen LogP) is 4.95. The summed E-state index contributed by atoms with van der Waals surface area (Å²) in [6, 6.07) is 17.4. The van der Waals surface area contributed by atoms with Crippen LogP contribution in [-0.2, 0) is 0 Å². The number of hydrogen-bond acceptors (Lipinski definition) is 7. The van der Waals surface area contributed by atoms with Crippen LogP contribution in [0, 0.1) is 0 Å². The number of H-pyrrole nitrogens is 1. The summed E-state index contributed by atoms with van der Waals surface area (Å²) in [6.07, 6.45) is 5.05. The van der Waals surface area contributed by atoms with Gasteiger partial charge < -0.3 is 5.32 Å². The van der Waals surface area contributed by atoms with Crippen LogP contribution in [0.3, 0.4) is 0 Å². The molecule has 166 valence electrons. The van der Waals surface area contributed by atoms with Gasteiger partial charge in [0.25, 0.3) is 5.56 Å². The van der Waals surface area contributed by atoms with E-state index in [9.17, 15) is 4.79 Å². The molecule has 0 unspecified atom stereocenters. The zero-order valence-electron chi connectivity index (χ0n) is 18.1. The van der Waals surface area contributed by atoms with Crippen LogP contribution in [0.1, 0.15) is 18.7 Å². The van der Waals surface area contributed by atoms with Crippen molar-refractivity contribution < 1.29 is 0 Å². The average molecular weight is 466 g/mol. The Morgan fingerprint density at radius 1 is 1.06 bits per heavy atom. The highest BCUT2D eigenvalue weighted by atomic mass is 32.1. The Kier molecular flexibility index (Phi) is 4.88. The lowest BCUT2D eigenvalue weighted by molar-refractivity contribution is 0.774. The summed E-state index contributed by atoms with van der Waals surface area (Å²) in [5.74, 6) is 0.637. The lowest BCUT2D eigenvalue weighted by Gasteiger charge is -2.22. The molecule has 4 aromatic heterocycles. The number of aromatic nitrogens is 6. The highest BCUT2D eigenvalue weighted by Crippen LogP contribution is 2.30. The number of para-hydroxylation sites is 1. The molecule has 6 aromatic rings. The maximum absolute atomic E-state index is 14.1. The van der Waals surface area contributed by atoms with Crippen LogP contribution in [0.2, 0.25) is 0 Å². The molecule has 0 saturated heterocycles. The van der Waals surface area contributed by atoms with Crippen LogP contribution < -0.4 is 10.9 Å². The number of anilines is 1. The Labute approximate surface area is 198 Å². The van der Waals surface area contributed by atoms with Crippen LogP contribution in [0.4, 0.5) is 5.82 Å². The fourth-order valence-corrected chi connectivity index (χ4v) is 4.89. The molecule has 0 aliphatic rings. The summed E-state index contributed by atoms with van der Waals surface area (Å²) in [6.45, 7) is 2.01. The van der Waals surface area contributed by atoms with E-state index in [1.165, 1.54) is 17.7 Å². The van der Waals surface area contributed by atoms with E-state index < -0.39 is 0 Å². The molecule has 0 spiro atoms. The van der Waals surface area contributed by atoms with Crippen molar-refractivity contribution in [1.29, 1.82) is 0 Å². The van der Waals surface area contributed by atoms with E-state index >= 15 is 0 Å². The van der Waals surface area contributed by atoms with E-state index in [1.807, 2.05) is 55.5 Å². The van der Waals surface area contributed by atoms with Gasteiger partial charge in [0, 0.05) is 23.1 Å². The van der Waals surface area contributed by atoms with Crippen LogP contribution in [0.15, 0.2) is 83.6 Å². The first kappa shape index (κ1) is 20.3. The maximum Gasteiger partial charge on any atom is 0.263 e. The van der Waals surface area contributed by atoms with Gasteiger partial charge in [-0.05, 0) is 36.1 Å². The van der Waals surface area contributed by atoms with Gasteiger partial charge in [-0.3, -0.25) is 14.5 Å². The van der Waals surface area contributed by atoms with Gasteiger partial charge >= 0.3 is 0 Å². The minimum atomic E-state index is -0.241. The summed E-state index contributed by atoms with van der Waals surface area (Å²) in [5.41, 5.74) is 5.70. The van der Waals surface area contributed by atoms with Gasteiger partial charge in [-0.15, -0.1) is 11.3 Å². The highest BCUT2D eigenvalue weighted by Gasteiger charge is 2.20. The largest absolute Gasteiger partial charge is 0.360 e. The average Bonchev–Trinajstić information content (AvgIpc) is 3.57. The van der Waals surface area contributed by atoms with E-state index in [4.69, 9.17) is 0 Å². The second kappa shape index (κ2) is 8.20. The Balaban J connectivity index is 1.58. The predicted molar refractivity (Wildman–Crippen MR) is 134 cm³/mol. The Morgan fingerprint density at radius 3 is 2.76 bits per heavy atom. The minimum absolute atomic E-state index is 0.0920. The number of nitrogens with one attached hydrogen (secondary N) is 2. The summed E-state index contributed by atoms with van der Waals surface area (Å²) in [5, 5.41) is 11.9. The monoisotopic (exact) mass is 465 g/mol. The summed E-state index contributed by atoms with van der Waals surface area (Å²) >= 11 is 1.46. The van der Waals surface area contributed by atoms with Crippen molar-refractivity contribution in [2.24, 2.45) is 0 Å². The highest BCUT2D eigenvalue weighted by molar-refractivity contribution is 7.16. The molecule has 6 rings (SSSR count). The number of pyridine rings is 1. The minimum Gasteiger partial charge on any atom is -0.360 e. The summed E-state index contributed by atoms with van der Waals surface area (Å²) in [7, 11) is 0. The Bertz CT molecular complexity index is 1670. The number of thiazole rings is 1. The van der Waals surface area contributed by atoms with Crippen molar-refractivity contribution in [2.45, 2.75) is 13.0 Å². The number of rotatable bonds is 5. The zero-order valence-corrected chi connectivity index (χ0v) is 19.0. The fraction of sp³-hybridized carbons (Fsp3) is 0.0800. The van der Waals surface area contributed by atoms with Gasteiger partial charge in [-0.1, -0.05) is 36.4 Å². The molecule has 0 radical (unpaired) electrons. The second-order valence-corrected chi connectivity index (χ2v) is 8.73. The van der Waals surface area contributed by atoms with E-state index in [1.54, 1.807) is 22.5 Å². The number of hydrogen-bond donors (Lipinski definition) is 2. The van der Waals surface area contributed by atoms with Crippen molar-refractivity contribution in [3.63, 3.8) is 0 Å². The molecule has 4 heterocycles. The maximum atomic E-state index is 14.1. The molecule has 0 aliphatic heterocycles. The third-order valence-electron chi connectivity index (χ3n) is 5.83. The molecule has 0 bridgehead atoms. The lowest BCUT2D eigenvalue weighted by Crippen LogP contribution is -2.26. The zero-order chi connectivity index (χ0) is 23.1. The number of benzene rings is 2. The third-order valence-corrected chi connectivity index (χ3v) is 6.56. The molecular weight excluding hydrogens is 446 g/mol. The van der Waals surface area contributed by atoms with Crippen LogP contribution in [-0.4, -0.2) is 29.7 Å². The molecule has 2 N–H and O–H groups in total. The van der Waals surface area contributed by atoms with Crippen molar-refractivity contribution in [1.82, 2.24) is 29.7 Å². The molecule has 2 aromatic carbocycles. The number of aromatic amines is 1. The first-order valence-electron chi connectivity index (χ1n) is 10.7. The summed E-state index contributed by atoms with van der Waals surface area (Å²) in [4.78, 5) is 28.0. The van der Waals surface area contributed by atoms with Gasteiger partial charge in [0.15, 0.2) is 5.82 Å². The first-order valence-corrected chi connectivity index (χ1v) is 11.6. The molecule has 8 nitrogen and oxygen atoms in total. The lowest BCUT2D eigenvalue weighted by atomic mass is 10.00. The van der Waals surface area contributed by atoms with Crippen molar-refractivity contribution in [3.05, 3.63) is 94.9 Å². The van der Waals surface area contributed by atoms with E-state index in [0.29, 0.717) is 11.2 Å². The van der Waals surface area contributed by atoms with E-state index in [2.05, 4.69) is 36.5 Å². The SMILES string of the molecule is C[C@H](Nc1ncnc2scnc12)c1cc2cccc(-c3cn[nH]c3)c2c(=O)n1-c1ccccc1. The van der Waals surface area contributed by atoms with E-state index in [-0.39, 0.29) is 11.6 Å². The van der Waals surface area contributed by atoms with Gasteiger partial charge in [0.1, 0.15) is 16.7 Å². The van der Waals surface area contributed by atoms with Gasteiger partial charge in [0.2, 0.25) is 0 Å². The topological polar surface area (TPSA) is 101 Å². The fourth-order valence-electron chi connectivity index (χ4n) is 4.26. The second-order valence-electron chi connectivity index (χ2n) is 7.90. The van der Waals surface area contributed by atoms with Crippen molar-refractivity contribution >= 4 is 38.3 Å². The van der Waals surface area contributed by atoms with Crippen LogP contribution in [0.25, 0.3) is 37.9 Å². The molecule has 1 atom stereocenters. The molecule has 0 aliphatic carbocycles. The number of fused-ring (bicyclic) bond motifs is 2. The van der Waals surface area contributed by atoms with Crippen molar-refractivity contribution in [2.75, 3.05) is 5.32 Å². The quantitative estimate of drug-likeness (QED) is 0.373. The Hall–Kier alpha value is -4.37. The van der Waals surface area contributed by atoms with E-state index in [0.717, 1.165) is 38.2 Å². The standard InChI is InChI=1S/C25H19N7OS/c1-15(31-23-22-24(27-13-26-23)34-14-28-22)20-10-16-6-5-9-19(17-11-29-30-12-17)21(16)25(33)32(20)18-7-3-2-4-8-18/h2-15H,1H3,(H,29,30)(H,26,27,31)/t15-/m0/s1. The first-order chi connectivity index (χ1) is 16.7. The van der Waals surface area contributed by atoms with Crippen molar-refractivity contribution in [3.8, 4) is 16.8 Å². The van der Waals surface area contributed by atoms with Crippen LogP contribution >= 0.6 is 11.3 Å².